The van der Waals surface area contributed by atoms with Crippen LogP contribution in [-0.2, 0) is 6.54 Å². The van der Waals surface area contributed by atoms with Crippen LogP contribution >= 0.6 is 0 Å². The van der Waals surface area contributed by atoms with E-state index in [0.717, 1.165) is 11.3 Å². The van der Waals surface area contributed by atoms with Crippen LogP contribution in [0, 0.1) is 0 Å². The number of ether oxygens (including phenoxy) is 1. The van der Waals surface area contributed by atoms with Crippen LogP contribution in [0.4, 0.5) is 4.79 Å². The van der Waals surface area contributed by atoms with Gasteiger partial charge in [0.1, 0.15) is 5.75 Å². The highest BCUT2D eigenvalue weighted by Crippen LogP contribution is 2.13. The molecule has 0 bridgehead atoms. The zero-order valence-corrected chi connectivity index (χ0v) is 9.99. The van der Waals surface area contributed by atoms with Crippen molar-refractivity contribution in [1.82, 2.24) is 10.2 Å². The van der Waals surface area contributed by atoms with Gasteiger partial charge in [-0.15, -0.1) is 0 Å². The van der Waals surface area contributed by atoms with Gasteiger partial charge in [0.05, 0.1) is 6.61 Å². The molecule has 1 N–H and O–H groups in total. The molecule has 0 saturated heterocycles. The Kier molecular flexibility index (Phi) is 4.64. The Labute approximate surface area is 96.2 Å². The summed E-state index contributed by atoms with van der Waals surface area (Å²) >= 11 is 0. The molecular formula is C12H18N2O2. The molecule has 88 valence electrons. The smallest absolute Gasteiger partial charge is 0.317 e. The van der Waals surface area contributed by atoms with E-state index in [-0.39, 0.29) is 6.03 Å². The maximum Gasteiger partial charge on any atom is 0.317 e. The molecule has 0 atom stereocenters. The van der Waals surface area contributed by atoms with Crippen molar-refractivity contribution in [3.05, 3.63) is 29.8 Å². The summed E-state index contributed by atoms with van der Waals surface area (Å²) in [6.45, 7) is 3.21. The van der Waals surface area contributed by atoms with E-state index in [4.69, 9.17) is 4.74 Å². The summed E-state index contributed by atoms with van der Waals surface area (Å²) in [5, 5.41) is 2.58. The third kappa shape index (κ3) is 3.46. The summed E-state index contributed by atoms with van der Waals surface area (Å²) in [5.41, 5.74) is 1.08. The summed E-state index contributed by atoms with van der Waals surface area (Å²) in [4.78, 5) is 12.9. The third-order valence-corrected chi connectivity index (χ3v) is 2.21. The number of benzene rings is 1. The van der Waals surface area contributed by atoms with Crippen LogP contribution in [0.3, 0.4) is 0 Å². The van der Waals surface area contributed by atoms with Crippen molar-refractivity contribution in [1.29, 1.82) is 0 Å². The number of nitrogens with zero attached hydrogens (tertiary/aromatic N) is 1. The van der Waals surface area contributed by atoms with E-state index >= 15 is 0 Å². The average molecular weight is 222 g/mol. The summed E-state index contributed by atoms with van der Waals surface area (Å²) in [6.07, 6.45) is 0. The molecule has 1 aromatic rings. The van der Waals surface area contributed by atoms with E-state index < -0.39 is 0 Å². The van der Waals surface area contributed by atoms with Crippen molar-refractivity contribution in [2.75, 3.05) is 20.7 Å². The Morgan fingerprint density at radius 2 is 2.00 bits per heavy atom. The molecular weight excluding hydrogens is 204 g/mol. The van der Waals surface area contributed by atoms with Crippen LogP contribution in [0.15, 0.2) is 24.3 Å². The molecule has 0 spiro atoms. The number of nitrogens with one attached hydrogen (secondary N) is 1. The first-order valence-corrected chi connectivity index (χ1v) is 5.32. The van der Waals surface area contributed by atoms with Crippen LogP contribution in [0.5, 0.6) is 5.75 Å². The standard InChI is InChI=1S/C12H18N2O2/c1-4-16-11-7-5-10(6-8-11)9-14(3)12(15)13-2/h5-8H,4,9H2,1-3H3,(H,13,15). The van der Waals surface area contributed by atoms with E-state index in [1.807, 2.05) is 31.2 Å². The molecule has 4 nitrogen and oxygen atoms in total. The lowest BCUT2D eigenvalue weighted by Crippen LogP contribution is -2.34. The Bertz CT molecular complexity index is 335. The number of amides is 2. The number of hydrogen-bond acceptors (Lipinski definition) is 2. The van der Waals surface area contributed by atoms with Crippen LogP contribution < -0.4 is 10.1 Å². The maximum atomic E-state index is 11.3. The molecule has 0 unspecified atom stereocenters. The quantitative estimate of drug-likeness (QED) is 0.844. The van der Waals surface area contributed by atoms with E-state index in [2.05, 4.69) is 5.32 Å². The summed E-state index contributed by atoms with van der Waals surface area (Å²) in [6, 6.07) is 7.66. The van der Waals surface area contributed by atoms with Crippen LogP contribution in [0.25, 0.3) is 0 Å². The fraction of sp³-hybridized carbons (Fsp3) is 0.417. The molecule has 0 aromatic heterocycles. The normalized spacial score (nSPS) is 9.69. The Morgan fingerprint density at radius 3 is 2.50 bits per heavy atom. The molecule has 1 aromatic carbocycles. The lowest BCUT2D eigenvalue weighted by molar-refractivity contribution is 0.209. The Hall–Kier alpha value is -1.71. The zero-order valence-electron chi connectivity index (χ0n) is 9.99. The second-order valence-corrected chi connectivity index (χ2v) is 3.49. The molecule has 2 amide bonds. The van der Waals surface area contributed by atoms with Crippen molar-refractivity contribution >= 4 is 6.03 Å². The maximum absolute atomic E-state index is 11.3. The fourth-order valence-corrected chi connectivity index (χ4v) is 1.39. The van der Waals surface area contributed by atoms with Crippen molar-refractivity contribution in [2.45, 2.75) is 13.5 Å². The van der Waals surface area contributed by atoms with Gasteiger partial charge in [0, 0.05) is 20.6 Å². The first kappa shape index (κ1) is 12.4. The number of carbonyl (C=O) groups is 1. The Morgan fingerprint density at radius 1 is 1.38 bits per heavy atom. The number of rotatable bonds is 4. The minimum atomic E-state index is -0.0890. The van der Waals surface area contributed by atoms with E-state index in [1.165, 1.54) is 0 Å². The summed E-state index contributed by atoms with van der Waals surface area (Å²) in [5.74, 6) is 0.855. The van der Waals surface area contributed by atoms with Gasteiger partial charge in [-0.25, -0.2) is 4.79 Å². The molecule has 0 saturated carbocycles. The molecule has 0 aliphatic rings. The molecule has 0 fully saturated rings. The predicted octanol–water partition coefficient (Wildman–Crippen LogP) is 1.86. The topological polar surface area (TPSA) is 41.6 Å². The van der Waals surface area contributed by atoms with Crippen LogP contribution in [0.1, 0.15) is 12.5 Å². The van der Waals surface area contributed by atoms with Gasteiger partial charge in [0.15, 0.2) is 0 Å². The molecule has 0 aliphatic heterocycles. The summed E-state index contributed by atoms with van der Waals surface area (Å²) < 4.78 is 5.34. The van der Waals surface area contributed by atoms with Gasteiger partial charge in [0.25, 0.3) is 0 Å². The van der Waals surface area contributed by atoms with Gasteiger partial charge in [-0.1, -0.05) is 12.1 Å². The molecule has 0 heterocycles. The molecule has 16 heavy (non-hydrogen) atoms. The van der Waals surface area contributed by atoms with E-state index in [9.17, 15) is 4.79 Å². The molecule has 0 radical (unpaired) electrons. The fourth-order valence-electron chi connectivity index (χ4n) is 1.39. The van der Waals surface area contributed by atoms with Crippen molar-refractivity contribution in [3.63, 3.8) is 0 Å². The second-order valence-electron chi connectivity index (χ2n) is 3.49. The average Bonchev–Trinajstić information content (AvgIpc) is 2.31. The largest absolute Gasteiger partial charge is 0.494 e. The number of hydrogen-bond donors (Lipinski definition) is 1. The van der Waals surface area contributed by atoms with Gasteiger partial charge >= 0.3 is 6.03 Å². The highest BCUT2D eigenvalue weighted by atomic mass is 16.5. The van der Waals surface area contributed by atoms with Gasteiger partial charge in [-0.3, -0.25) is 0 Å². The van der Waals surface area contributed by atoms with Gasteiger partial charge in [0.2, 0.25) is 0 Å². The zero-order chi connectivity index (χ0) is 12.0. The van der Waals surface area contributed by atoms with Crippen molar-refractivity contribution in [3.8, 4) is 5.75 Å². The van der Waals surface area contributed by atoms with Gasteiger partial charge < -0.3 is 15.0 Å². The first-order valence-electron chi connectivity index (χ1n) is 5.32. The molecule has 4 heteroatoms. The monoisotopic (exact) mass is 222 g/mol. The highest BCUT2D eigenvalue weighted by molar-refractivity contribution is 5.73. The number of urea groups is 1. The van der Waals surface area contributed by atoms with Gasteiger partial charge in [-0.05, 0) is 24.6 Å². The van der Waals surface area contributed by atoms with Crippen molar-refractivity contribution in [2.24, 2.45) is 0 Å². The van der Waals surface area contributed by atoms with E-state index in [0.29, 0.717) is 13.2 Å². The summed E-state index contributed by atoms with van der Waals surface area (Å²) in [7, 11) is 3.38. The lowest BCUT2D eigenvalue weighted by atomic mass is 10.2. The molecule has 0 aliphatic carbocycles. The van der Waals surface area contributed by atoms with Crippen LogP contribution in [-0.4, -0.2) is 31.6 Å². The van der Waals surface area contributed by atoms with Crippen molar-refractivity contribution < 1.29 is 9.53 Å². The lowest BCUT2D eigenvalue weighted by Gasteiger charge is -2.16. The second kappa shape index (κ2) is 6.00. The SMILES string of the molecule is CCOc1ccc(CN(C)C(=O)NC)cc1. The highest BCUT2D eigenvalue weighted by Gasteiger charge is 2.06. The Balaban J connectivity index is 2.58. The number of carbonyl (C=O) groups excluding carboxylic acids is 1. The minimum Gasteiger partial charge on any atom is -0.494 e. The third-order valence-electron chi connectivity index (χ3n) is 2.21. The molecule has 1 rings (SSSR count). The minimum absolute atomic E-state index is 0.0890. The van der Waals surface area contributed by atoms with Gasteiger partial charge in [-0.2, -0.15) is 0 Å². The van der Waals surface area contributed by atoms with Crippen LogP contribution in [0.2, 0.25) is 0 Å². The predicted molar refractivity (Wildman–Crippen MR) is 63.5 cm³/mol. The first-order chi connectivity index (χ1) is 7.67. The van der Waals surface area contributed by atoms with E-state index in [1.54, 1.807) is 19.0 Å².